The zero-order valence-corrected chi connectivity index (χ0v) is 8.44. The van der Waals surface area contributed by atoms with Crippen molar-refractivity contribution in [3.05, 3.63) is 24.0 Å². The van der Waals surface area contributed by atoms with Gasteiger partial charge in [-0.05, 0) is 26.8 Å². The predicted octanol–water partition coefficient (Wildman–Crippen LogP) is 0.937. The summed E-state index contributed by atoms with van der Waals surface area (Å²) in [6, 6.07) is 1.56. The molecule has 0 aliphatic heterocycles. The van der Waals surface area contributed by atoms with Crippen molar-refractivity contribution < 1.29 is 9.63 Å². The lowest BCUT2D eigenvalue weighted by atomic mass is 10.2. The van der Waals surface area contributed by atoms with E-state index in [1.165, 1.54) is 12.4 Å². The molecule has 0 atom stereocenters. The van der Waals surface area contributed by atoms with Gasteiger partial charge in [-0.1, -0.05) is 0 Å². The molecule has 0 aliphatic carbocycles. The maximum Gasteiger partial charge on any atom is 0.276 e. The maximum atomic E-state index is 11.4. The molecule has 0 bridgehead atoms. The van der Waals surface area contributed by atoms with Gasteiger partial charge in [0.25, 0.3) is 5.91 Å². The van der Waals surface area contributed by atoms with Gasteiger partial charge in [0.2, 0.25) is 0 Å². The molecule has 76 valence electrons. The zero-order chi connectivity index (χ0) is 10.6. The molecule has 0 aromatic carbocycles. The third-order valence-corrected chi connectivity index (χ3v) is 1.30. The first-order valence-electron chi connectivity index (χ1n) is 4.24. The third kappa shape index (κ3) is 3.49. The van der Waals surface area contributed by atoms with Crippen LogP contribution >= 0.6 is 0 Å². The Hall–Kier alpha value is -1.49. The first kappa shape index (κ1) is 10.6. The number of carbonyl (C=O) groups excluding carboxylic acids is 1. The van der Waals surface area contributed by atoms with Crippen LogP contribution in [0.1, 0.15) is 31.1 Å². The van der Waals surface area contributed by atoms with E-state index in [0.717, 1.165) is 0 Å². The van der Waals surface area contributed by atoms with E-state index in [-0.39, 0.29) is 5.91 Å². The van der Waals surface area contributed by atoms with E-state index in [1.54, 1.807) is 6.07 Å². The minimum atomic E-state index is -0.407. The summed E-state index contributed by atoms with van der Waals surface area (Å²) in [5.74, 6) is -0.324. The lowest BCUT2D eigenvalue weighted by molar-refractivity contribution is -0.0589. The minimum absolute atomic E-state index is 0.324. The molecule has 0 spiro atoms. The number of carbonyl (C=O) groups is 1. The molecule has 1 amide bonds. The van der Waals surface area contributed by atoms with Crippen molar-refractivity contribution in [1.29, 1.82) is 0 Å². The standard InChI is InChI=1S/C9H13N3O2/c1-9(2,3)14-12-8(13)7-4-5-10-11-6-7/h4-6H,1-3H3,(H,12,13). The van der Waals surface area contributed by atoms with Gasteiger partial charge < -0.3 is 0 Å². The van der Waals surface area contributed by atoms with Gasteiger partial charge in [-0.3, -0.25) is 9.63 Å². The second-order valence-corrected chi connectivity index (χ2v) is 3.78. The smallest absolute Gasteiger partial charge is 0.268 e. The van der Waals surface area contributed by atoms with Gasteiger partial charge in [0.15, 0.2) is 0 Å². The molecule has 0 saturated heterocycles. The van der Waals surface area contributed by atoms with Gasteiger partial charge in [0, 0.05) is 0 Å². The Bertz CT molecular complexity index is 306. The number of hydrogen-bond donors (Lipinski definition) is 1. The molecule has 0 unspecified atom stereocenters. The normalized spacial score (nSPS) is 11.1. The Kier molecular flexibility index (Phi) is 3.14. The van der Waals surface area contributed by atoms with Crippen LogP contribution in [0.5, 0.6) is 0 Å². The van der Waals surface area contributed by atoms with Crippen LogP contribution in [-0.2, 0) is 4.84 Å². The molecule has 1 rings (SSSR count). The van der Waals surface area contributed by atoms with Crippen LogP contribution in [0.4, 0.5) is 0 Å². The molecule has 5 heteroatoms. The number of nitrogens with zero attached hydrogens (tertiary/aromatic N) is 2. The van der Waals surface area contributed by atoms with Crippen molar-refractivity contribution >= 4 is 5.91 Å². The predicted molar refractivity (Wildman–Crippen MR) is 50.3 cm³/mol. The molecule has 1 aromatic rings. The van der Waals surface area contributed by atoms with E-state index >= 15 is 0 Å². The largest absolute Gasteiger partial charge is 0.276 e. The van der Waals surface area contributed by atoms with E-state index in [1.807, 2.05) is 20.8 Å². The number of amides is 1. The Morgan fingerprint density at radius 1 is 1.43 bits per heavy atom. The number of nitrogens with one attached hydrogen (secondary N) is 1. The Balaban J connectivity index is 2.52. The molecule has 0 radical (unpaired) electrons. The third-order valence-electron chi connectivity index (χ3n) is 1.30. The number of aromatic nitrogens is 2. The van der Waals surface area contributed by atoms with Gasteiger partial charge in [0.05, 0.1) is 23.6 Å². The molecule has 1 N–H and O–H groups in total. The number of hydroxylamine groups is 1. The van der Waals surface area contributed by atoms with Crippen molar-refractivity contribution in [2.45, 2.75) is 26.4 Å². The van der Waals surface area contributed by atoms with Crippen LogP contribution in [0.2, 0.25) is 0 Å². The van der Waals surface area contributed by atoms with E-state index in [4.69, 9.17) is 4.84 Å². The van der Waals surface area contributed by atoms with Crippen LogP contribution in [0.15, 0.2) is 18.5 Å². The molecular weight excluding hydrogens is 182 g/mol. The van der Waals surface area contributed by atoms with E-state index < -0.39 is 5.60 Å². The highest BCUT2D eigenvalue weighted by atomic mass is 16.7. The number of hydrogen-bond acceptors (Lipinski definition) is 4. The van der Waals surface area contributed by atoms with Crippen molar-refractivity contribution in [3.8, 4) is 0 Å². The fourth-order valence-electron chi connectivity index (χ4n) is 0.683. The summed E-state index contributed by atoms with van der Waals surface area (Å²) < 4.78 is 0. The van der Waals surface area contributed by atoms with Gasteiger partial charge in [-0.25, -0.2) is 5.48 Å². The van der Waals surface area contributed by atoms with Crippen LogP contribution in [0.25, 0.3) is 0 Å². The molecule has 14 heavy (non-hydrogen) atoms. The quantitative estimate of drug-likeness (QED) is 0.713. The summed E-state index contributed by atoms with van der Waals surface area (Å²) >= 11 is 0. The van der Waals surface area contributed by atoms with Crippen LogP contribution in [-0.4, -0.2) is 21.7 Å². The van der Waals surface area contributed by atoms with Crippen LogP contribution < -0.4 is 5.48 Å². The monoisotopic (exact) mass is 195 g/mol. The highest BCUT2D eigenvalue weighted by Gasteiger charge is 2.13. The van der Waals surface area contributed by atoms with Crippen molar-refractivity contribution in [2.24, 2.45) is 0 Å². The van der Waals surface area contributed by atoms with Gasteiger partial charge >= 0.3 is 0 Å². The highest BCUT2D eigenvalue weighted by Crippen LogP contribution is 2.04. The van der Waals surface area contributed by atoms with E-state index in [9.17, 15) is 4.79 Å². The van der Waals surface area contributed by atoms with Gasteiger partial charge in [-0.2, -0.15) is 10.2 Å². The van der Waals surface area contributed by atoms with Crippen LogP contribution in [0, 0.1) is 0 Å². The molecule has 1 aromatic heterocycles. The van der Waals surface area contributed by atoms with Gasteiger partial charge in [0.1, 0.15) is 0 Å². The average molecular weight is 195 g/mol. The molecule has 0 aliphatic rings. The number of rotatable bonds is 2. The summed E-state index contributed by atoms with van der Waals surface area (Å²) in [7, 11) is 0. The lowest BCUT2D eigenvalue weighted by Gasteiger charge is -2.18. The van der Waals surface area contributed by atoms with E-state index in [2.05, 4.69) is 15.7 Å². The van der Waals surface area contributed by atoms with E-state index in [0.29, 0.717) is 5.56 Å². The topological polar surface area (TPSA) is 64.1 Å². The average Bonchev–Trinajstić information content (AvgIpc) is 2.14. The second kappa shape index (κ2) is 4.15. The van der Waals surface area contributed by atoms with Crippen molar-refractivity contribution in [1.82, 2.24) is 15.7 Å². The van der Waals surface area contributed by atoms with Crippen LogP contribution in [0.3, 0.4) is 0 Å². The summed E-state index contributed by atoms with van der Waals surface area (Å²) in [5.41, 5.74) is 2.35. The highest BCUT2D eigenvalue weighted by molar-refractivity contribution is 5.92. The Morgan fingerprint density at radius 3 is 2.64 bits per heavy atom. The summed E-state index contributed by atoms with van der Waals surface area (Å²) in [6.45, 7) is 5.54. The fraction of sp³-hybridized carbons (Fsp3) is 0.444. The molecule has 5 nitrogen and oxygen atoms in total. The lowest BCUT2D eigenvalue weighted by Crippen LogP contribution is -2.33. The molecule has 0 fully saturated rings. The molecule has 0 saturated carbocycles. The second-order valence-electron chi connectivity index (χ2n) is 3.78. The van der Waals surface area contributed by atoms with Crippen molar-refractivity contribution in [2.75, 3.05) is 0 Å². The Morgan fingerprint density at radius 2 is 2.14 bits per heavy atom. The Labute approximate surface area is 82.4 Å². The molecule has 1 heterocycles. The first-order chi connectivity index (χ1) is 6.49. The first-order valence-corrected chi connectivity index (χ1v) is 4.24. The minimum Gasteiger partial charge on any atom is -0.268 e. The maximum absolute atomic E-state index is 11.4. The SMILES string of the molecule is CC(C)(C)ONC(=O)c1ccnnc1. The summed E-state index contributed by atoms with van der Waals surface area (Å²) in [5, 5.41) is 7.15. The summed E-state index contributed by atoms with van der Waals surface area (Å²) in [4.78, 5) is 16.5. The van der Waals surface area contributed by atoms with Gasteiger partial charge in [-0.15, -0.1) is 0 Å². The summed E-state index contributed by atoms with van der Waals surface area (Å²) in [6.07, 6.45) is 2.83. The van der Waals surface area contributed by atoms with Crippen molar-refractivity contribution in [3.63, 3.8) is 0 Å². The molecular formula is C9H13N3O2. The fourth-order valence-corrected chi connectivity index (χ4v) is 0.683. The zero-order valence-electron chi connectivity index (χ0n) is 8.44.